The molecule has 1 aromatic carbocycles. The second-order valence-electron chi connectivity index (χ2n) is 4.09. The number of aryl methyl sites for hydroxylation is 1. The van der Waals surface area contributed by atoms with E-state index in [0.29, 0.717) is 6.54 Å². The van der Waals surface area contributed by atoms with Crippen LogP contribution in [0.5, 0.6) is 0 Å². The fourth-order valence-electron chi connectivity index (χ4n) is 1.64. The molecule has 0 heterocycles. The number of urea groups is 1. The molecule has 0 aliphatic heterocycles. The van der Waals surface area contributed by atoms with Gasteiger partial charge in [0.25, 0.3) is 0 Å². The van der Waals surface area contributed by atoms with Gasteiger partial charge in [0.2, 0.25) is 0 Å². The van der Waals surface area contributed by atoms with Crippen molar-refractivity contribution < 1.29 is 14.7 Å². The van der Waals surface area contributed by atoms with Crippen LogP contribution in [0.4, 0.5) is 10.5 Å². The van der Waals surface area contributed by atoms with Crippen LogP contribution >= 0.6 is 0 Å². The first-order valence-corrected chi connectivity index (χ1v) is 5.76. The molecule has 0 spiro atoms. The summed E-state index contributed by atoms with van der Waals surface area (Å²) in [4.78, 5) is 25.5. The van der Waals surface area contributed by atoms with Crippen molar-refractivity contribution in [2.24, 2.45) is 0 Å². The number of carbonyl (C=O) groups excluding carboxylic acids is 1. The minimum Gasteiger partial charge on any atom is -0.480 e. The van der Waals surface area contributed by atoms with Crippen molar-refractivity contribution in [3.63, 3.8) is 0 Å². The number of amides is 2. The van der Waals surface area contributed by atoms with Crippen LogP contribution in [-0.2, 0) is 4.79 Å². The van der Waals surface area contributed by atoms with Crippen LogP contribution in [0.15, 0.2) is 24.3 Å². The molecule has 0 aliphatic carbocycles. The highest BCUT2D eigenvalue weighted by molar-refractivity contribution is 5.93. The summed E-state index contributed by atoms with van der Waals surface area (Å²) in [6, 6.07) is 7.19. The molecule has 5 heteroatoms. The summed E-state index contributed by atoms with van der Waals surface area (Å²) in [6.45, 7) is 3.77. The topological polar surface area (TPSA) is 60.9 Å². The second-order valence-corrected chi connectivity index (χ2v) is 4.09. The van der Waals surface area contributed by atoms with Crippen LogP contribution in [0, 0.1) is 6.92 Å². The van der Waals surface area contributed by atoms with Crippen LogP contribution in [-0.4, -0.2) is 42.1 Å². The Bertz CT molecular complexity index is 446. The average molecular weight is 250 g/mol. The van der Waals surface area contributed by atoms with Crippen LogP contribution in [0.2, 0.25) is 0 Å². The van der Waals surface area contributed by atoms with Gasteiger partial charge in [-0.15, -0.1) is 0 Å². The molecule has 0 unspecified atom stereocenters. The number of likely N-dealkylation sites (N-methyl/N-ethyl adjacent to an activating group) is 1. The minimum absolute atomic E-state index is 0.286. The lowest BCUT2D eigenvalue weighted by Crippen LogP contribution is -2.43. The smallest absolute Gasteiger partial charge is 0.324 e. The maximum atomic E-state index is 12.1. The Balaban J connectivity index is 2.85. The number of hydrogen-bond donors (Lipinski definition) is 1. The van der Waals surface area contributed by atoms with E-state index < -0.39 is 5.97 Å². The molecule has 0 bridgehead atoms. The first-order chi connectivity index (χ1) is 8.45. The van der Waals surface area contributed by atoms with Crippen LogP contribution < -0.4 is 4.90 Å². The van der Waals surface area contributed by atoms with Gasteiger partial charge in [0.1, 0.15) is 6.54 Å². The van der Waals surface area contributed by atoms with Crippen molar-refractivity contribution in [2.75, 3.05) is 25.0 Å². The third kappa shape index (κ3) is 3.48. The SMILES string of the molecule is CCN(CC(=O)O)C(=O)N(C)c1cccc(C)c1. The summed E-state index contributed by atoms with van der Waals surface area (Å²) in [6.07, 6.45) is 0. The van der Waals surface area contributed by atoms with E-state index in [0.717, 1.165) is 11.3 Å². The van der Waals surface area contributed by atoms with Crippen molar-refractivity contribution in [1.29, 1.82) is 0 Å². The van der Waals surface area contributed by atoms with Gasteiger partial charge in [-0.25, -0.2) is 4.79 Å². The zero-order valence-corrected chi connectivity index (χ0v) is 10.9. The predicted molar refractivity (Wildman–Crippen MR) is 69.9 cm³/mol. The number of carbonyl (C=O) groups is 2. The Morgan fingerprint density at radius 3 is 2.50 bits per heavy atom. The molecule has 0 saturated heterocycles. The molecule has 1 N–H and O–H groups in total. The van der Waals surface area contributed by atoms with E-state index in [1.165, 1.54) is 9.80 Å². The number of anilines is 1. The van der Waals surface area contributed by atoms with Crippen LogP contribution in [0.3, 0.4) is 0 Å². The molecular formula is C13H18N2O3. The summed E-state index contributed by atoms with van der Waals surface area (Å²) >= 11 is 0. The van der Waals surface area contributed by atoms with Crippen LogP contribution in [0.1, 0.15) is 12.5 Å². The van der Waals surface area contributed by atoms with E-state index in [2.05, 4.69) is 0 Å². The third-order valence-corrected chi connectivity index (χ3v) is 2.65. The zero-order valence-electron chi connectivity index (χ0n) is 10.9. The third-order valence-electron chi connectivity index (χ3n) is 2.65. The Kier molecular flexibility index (Phi) is 4.71. The van der Waals surface area contributed by atoms with Gasteiger partial charge < -0.3 is 10.0 Å². The zero-order chi connectivity index (χ0) is 13.7. The minimum atomic E-state index is -1.01. The average Bonchev–Trinajstić information content (AvgIpc) is 2.34. The van der Waals surface area contributed by atoms with Gasteiger partial charge in [-0.05, 0) is 31.5 Å². The highest BCUT2D eigenvalue weighted by Gasteiger charge is 2.19. The number of rotatable bonds is 4. The molecule has 0 radical (unpaired) electrons. The first-order valence-electron chi connectivity index (χ1n) is 5.76. The molecule has 0 saturated carbocycles. The lowest BCUT2D eigenvalue weighted by molar-refractivity contribution is -0.137. The predicted octanol–water partition coefficient (Wildman–Crippen LogP) is 1.96. The molecule has 0 aliphatic rings. The Hall–Kier alpha value is -2.04. The van der Waals surface area contributed by atoms with E-state index in [-0.39, 0.29) is 12.6 Å². The number of benzene rings is 1. The van der Waals surface area contributed by atoms with E-state index in [1.807, 2.05) is 31.2 Å². The van der Waals surface area contributed by atoms with Gasteiger partial charge in [-0.2, -0.15) is 0 Å². The van der Waals surface area contributed by atoms with E-state index in [4.69, 9.17) is 5.11 Å². The maximum absolute atomic E-state index is 12.1. The van der Waals surface area contributed by atoms with Crippen molar-refractivity contribution >= 4 is 17.7 Å². The number of carboxylic acid groups (broad SMARTS) is 1. The molecular weight excluding hydrogens is 232 g/mol. The molecule has 1 rings (SSSR count). The Morgan fingerprint density at radius 2 is 2.00 bits per heavy atom. The fraction of sp³-hybridized carbons (Fsp3) is 0.385. The molecule has 0 fully saturated rings. The highest BCUT2D eigenvalue weighted by Crippen LogP contribution is 2.15. The highest BCUT2D eigenvalue weighted by atomic mass is 16.4. The number of hydrogen-bond acceptors (Lipinski definition) is 2. The number of carboxylic acids is 1. The molecule has 18 heavy (non-hydrogen) atoms. The van der Waals surface area contributed by atoms with Crippen molar-refractivity contribution in [3.8, 4) is 0 Å². The van der Waals surface area contributed by atoms with Crippen molar-refractivity contribution in [2.45, 2.75) is 13.8 Å². The van der Waals surface area contributed by atoms with Gasteiger partial charge in [0.15, 0.2) is 0 Å². The lowest BCUT2D eigenvalue weighted by Gasteiger charge is -2.26. The summed E-state index contributed by atoms with van der Waals surface area (Å²) in [5, 5.41) is 8.75. The van der Waals surface area contributed by atoms with Gasteiger partial charge in [0, 0.05) is 19.3 Å². The summed E-state index contributed by atoms with van der Waals surface area (Å²) in [5.74, 6) is -1.01. The quantitative estimate of drug-likeness (QED) is 0.888. The maximum Gasteiger partial charge on any atom is 0.324 e. The van der Waals surface area contributed by atoms with E-state index in [1.54, 1.807) is 14.0 Å². The lowest BCUT2D eigenvalue weighted by atomic mass is 10.2. The second kappa shape index (κ2) is 6.05. The van der Waals surface area contributed by atoms with E-state index >= 15 is 0 Å². The standard InChI is InChI=1S/C13H18N2O3/c1-4-15(9-12(16)17)13(18)14(3)11-7-5-6-10(2)8-11/h5-8H,4,9H2,1-3H3,(H,16,17). The van der Waals surface area contributed by atoms with Gasteiger partial charge in [-0.1, -0.05) is 12.1 Å². The van der Waals surface area contributed by atoms with Crippen molar-refractivity contribution in [1.82, 2.24) is 4.90 Å². The van der Waals surface area contributed by atoms with Gasteiger partial charge in [0.05, 0.1) is 0 Å². The Morgan fingerprint density at radius 1 is 1.33 bits per heavy atom. The number of nitrogens with zero attached hydrogens (tertiary/aromatic N) is 2. The van der Waals surface area contributed by atoms with Gasteiger partial charge in [-0.3, -0.25) is 9.69 Å². The van der Waals surface area contributed by atoms with E-state index in [9.17, 15) is 9.59 Å². The Labute approximate surface area is 107 Å². The normalized spacial score (nSPS) is 9.94. The molecule has 0 aromatic heterocycles. The van der Waals surface area contributed by atoms with Crippen LogP contribution in [0.25, 0.3) is 0 Å². The monoisotopic (exact) mass is 250 g/mol. The first kappa shape index (κ1) is 14.0. The van der Waals surface area contributed by atoms with Crippen molar-refractivity contribution in [3.05, 3.63) is 29.8 Å². The fourth-order valence-corrected chi connectivity index (χ4v) is 1.64. The molecule has 2 amide bonds. The molecule has 0 atom stereocenters. The molecule has 1 aromatic rings. The largest absolute Gasteiger partial charge is 0.480 e. The summed E-state index contributed by atoms with van der Waals surface area (Å²) in [5.41, 5.74) is 1.80. The molecule has 5 nitrogen and oxygen atoms in total. The molecule has 98 valence electrons. The van der Waals surface area contributed by atoms with Gasteiger partial charge >= 0.3 is 12.0 Å². The summed E-state index contributed by atoms with van der Waals surface area (Å²) < 4.78 is 0. The summed E-state index contributed by atoms with van der Waals surface area (Å²) in [7, 11) is 1.64. The number of aliphatic carboxylic acids is 1.